The van der Waals surface area contributed by atoms with E-state index in [4.69, 9.17) is 5.73 Å². The molecule has 5 nitrogen and oxygen atoms in total. The molecule has 0 fully saturated rings. The smallest absolute Gasteiger partial charge is 0.322 e. The summed E-state index contributed by atoms with van der Waals surface area (Å²) in [6.45, 7) is 2.25. The van der Waals surface area contributed by atoms with Crippen LogP contribution in [0.2, 0.25) is 0 Å². The van der Waals surface area contributed by atoms with Crippen LogP contribution < -0.4 is 11.1 Å². The largest absolute Gasteiger partial charge is 0.468 e. The molecule has 0 heterocycles. The first-order valence-electron chi connectivity index (χ1n) is 5.24. The van der Waals surface area contributed by atoms with E-state index in [-0.39, 0.29) is 12.0 Å². The lowest BCUT2D eigenvalue weighted by atomic mass is 10.1. The van der Waals surface area contributed by atoms with Gasteiger partial charge in [0, 0.05) is 12.1 Å². The molecule has 0 radical (unpaired) electrons. The molecule has 1 atom stereocenters. The molecular formula is C12H16N2O3. The number of ether oxygens (including phenoxy) is 1. The van der Waals surface area contributed by atoms with Crippen molar-refractivity contribution in [3.05, 3.63) is 35.4 Å². The van der Waals surface area contributed by atoms with Crippen molar-refractivity contribution in [2.45, 2.75) is 19.5 Å². The molecule has 0 aliphatic heterocycles. The van der Waals surface area contributed by atoms with Gasteiger partial charge in [-0.2, -0.15) is 0 Å². The van der Waals surface area contributed by atoms with E-state index in [1.54, 1.807) is 31.2 Å². The van der Waals surface area contributed by atoms with Gasteiger partial charge in [0.15, 0.2) is 0 Å². The number of rotatable bonds is 5. The fraction of sp³-hybridized carbons (Fsp3) is 0.333. The second kappa shape index (κ2) is 6.00. The number of carbonyl (C=O) groups is 2. The van der Waals surface area contributed by atoms with Crippen molar-refractivity contribution >= 4 is 11.9 Å². The maximum Gasteiger partial charge on any atom is 0.322 e. The van der Waals surface area contributed by atoms with Gasteiger partial charge in [-0.3, -0.25) is 9.59 Å². The van der Waals surface area contributed by atoms with Crippen LogP contribution in [0, 0.1) is 0 Å². The highest BCUT2D eigenvalue weighted by molar-refractivity contribution is 5.92. The van der Waals surface area contributed by atoms with Gasteiger partial charge in [-0.25, -0.2) is 0 Å². The Morgan fingerprint density at radius 2 is 1.94 bits per heavy atom. The number of nitrogens with one attached hydrogen (secondary N) is 1. The quantitative estimate of drug-likeness (QED) is 0.727. The van der Waals surface area contributed by atoms with E-state index in [0.717, 1.165) is 5.56 Å². The maximum atomic E-state index is 11.1. The van der Waals surface area contributed by atoms with E-state index >= 15 is 0 Å². The number of nitrogens with two attached hydrogens (primary N) is 1. The molecule has 0 aromatic heterocycles. The van der Waals surface area contributed by atoms with Crippen LogP contribution in [-0.2, 0) is 16.1 Å². The zero-order chi connectivity index (χ0) is 12.8. The van der Waals surface area contributed by atoms with Crippen molar-refractivity contribution < 1.29 is 14.3 Å². The lowest BCUT2D eigenvalue weighted by molar-refractivity contribution is -0.142. The van der Waals surface area contributed by atoms with Gasteiger partial charge in [0.05, 0.1) is 7.11 Å². The Bertz CT molecular complexity index is 401. The SMILES string of the molecule is COC(=O)C(C)NCc1ccc(C(N)=O)cc1. The number of carbonyl (C=O) groups excluding carboxylic acids is 2. The lowest BCUT2D eigenvalue weighted by Gasteiger charge is -2.11. The van der Waals surface area contributed by atoms with E-state index in [1.807, 2.05) is 0 Å². The number of primary amides is 1. The summed E-state index contributed by atoms with van der Waals surface area (Å²) in [5.74, 6) is -0.758. The van der Waals surface area contributed by atoms with Gasteiger partial charge in [0.25, 0.3) is 0 Å². The van der Waals surface area contributed by atoms with E-state index in [9.17, 15) is 9.59 Å². The minimum absolute atomic E-state index is 0.307. The van der Waals surface area contributed by atoms with E-state index in [0.29, 0.717) is 12.1 Å². The third kappa shape index (κ3) is 3.88. The Morgan fingerprint density at radius 3 is 2.41 bits per heavy atom. The molecule has 92 valence electrons. The van der Waals surface area contributed by atoms with Crippen molar-refractivity contribution in [1.29, 1.82) is 0 Å². The van der Waals surface area contributed by atoms with Crippen molar-refractivity contribution in [3.63, 3.8) is 0 Å². The summed E-state index contributed by atoms with van der Waals surface area (Å²) in [4.78, 5) is 22.0. The van der Waals surface area contributed by atoms with Gasteiger partial charge >= 0.3 is 5.97 Å². The summed E-state index contributed by atoms with van der Waals surface area (Å²) < 4.78 is 4.59. The summed E-state index contributed by atoms with van der Waals surface area (Å²) in [5, 5.41) is 3.01. The van der Waals surface area contributed by atoms with E-state index < -0.39 is 5.91 Å². The van der Waals surface area contributed by atoms with E-state index in [1.165, 1.54) is 7.11 Å². The minimum atomic E-state index is -0.451. The fourth-order valence-electron chi connectivity index (χ4n) is 1.32. The lowest BCUT2D eigenvalue weighted by Crippen LogP contribution is -2.34. The topological polar surface area (TPSA) is 81.4 Å². The number of hydrogen-bond acceptors (Lipinski definition) is 4. The number of methoxy groups -OCH3 is 1. The van der Waals surface area contributed by atoms with Crippen molar-refractivity contribution in [1.82, 2.24) is 5.32 Å². The van der Waals surface area contributed by atoms with Crippen LogP contribution in [0.1, 0.15) is 22.8 Å². The fourth-order valence-corrected chi connectivity index (χ4v) is 1.32. The molecule has 0 saturated heterocycles. The highest BCUT2D eigenvalue weighted by atomic mass is 16.5. The molecule has 0 bridgehead atoms. The predicted molar refractivity (Wildman–Crippen MR) is 63.3 cm³/mol. The normalized spacial score (nSPS) is 11.9. The first kappa shape index (κ1) is 13.2. The zero-order valence-corrected chi connectivity index (χ0v) is 9.90. The van der Waals surface area contributed by atoms with Gasteiger partial charge in [-0.05, 0) is 24.6 Å². The molecule has 1 rings (SSSR count). The maximum absolute atomic E-state index is 11.1. The Labute approximate surface area is 99.9 Å². The van der Waals surface area contributed by atoms with Gasteiger partial charge in [-0.1, -0.05) is 12.1 Å². The minimum Gasteiger partial charge on any atom is -0.468 e. The molecule has 0 saturated carbocycles. The molecule has 1 aromatic carbocycles. The average molecular weight is 236 g/mol. The zero-order valence-electron chi connectivity index (χ0n) is 9.90. The Hall–Kier alpha value is -1.88. The van der Waals surface area contributed by atoms with Crippen LogP contribution in [0.15, 0.2) is 24.3 Å². The monoisotopic (exact) mass is 236 g/mol. The van der Waals surface area contributed by atoms with Crippen LogP contribution in [0.5, 0.6) is 0 Å². The first-order chi connectivity index (χ1) is 8.04. The van der Waals surface area contributed by atoms with Crippen molar-refractivity contribution in [2.24, 2.45) is 5.73 Å². The number of esters is 1. The van der Waals surface area contributed by atoms with Crippen LogP contribution in [0.25, 0.3) is 0 Å². The van der Waals surface area contributed by atoms with Crippen LogP contribution in [0.4, 0.5) is 0 Å². The van der Waals surface area contributed by atoms with Crippen molar-refractivity contribution in [2.75, 3.05) is 7.11 Å². The number of benzene rings is 1. The van der Waals surface area contributed by atoms with Crippen LogP contribution >= 0.6 is 0 Å². The second-order valence-corrected chi connectivity index (χ2v) is 3.69. The molecule has 0 aliphatic rings. The summed E-state index contributed by atoms with van der Waals surface area (Å²) in [6.07, 6.45) is 0. The van der Waals surface area contributed by atoms with Gasteiger partial charge in [0.2, 0.25) is 5.91 Å². The third-order valence-electron chi connectivity index (χ3n) is 2.41. The molecule has 3 N–H and O–H groups in total. The third-order valence-corrected chi connectivity index (χ3v) is 2.41. The van der Waals surface area contributed by atoms with Crippen LogP contribution in [-0.4, -0.2) is 25.0 Å². The Balaban J connectivity index is 2.53. The Kier molecular flexibility index (Phi) is 4.66. The van der Waals surface area contributed by atoms with Crippen molar-refractivity contribution in [3.8, 4) is 0 Å². The highest BCUT2D eigenvalue weighted by Crippen LogP contribution is 2.04. The number of hydrogen-bond donors (Lipinski definition) is 2. The van der Waals surface area contributed by atoms with Crippen LogP contribution in [0.3, 0.4) is 0 Å². The molecule has 17 heavy (non-hydrogen) atoms. The molecular weight excluding hydrogens is 220 g/mol. The summed E-state index contributed by atoms with van der Waals surface area (Å²) >= 11 is 0. The second-order valence-electron chi connectivity index (χ2n) is 3.69. The molecule has 0 spiro atoms. The van der Waals surface area contributed by atoms with Gasteiger partial charge in [-0.15, -0.1) is 0 Å². The summed E-state index contributed by atoms with van der Waals surface area (Å²) in [6, 6.07) is 6.52. The first-order valence-corrected chi connectivity index (χ1v) is 5.24. The molecule has 1 amide bonds. The molecule has 5 heteroatoms. The Morgan fingerprint density at radius 1 is 1.35 bits per heavy atom. The molecule has 1 unspecified atom stereocenters. The summed E-state index contributed by atoms with van der Waals surface area (Å²) in [7, 11) is 1.35. The number of amides is 1. The van der Waals surface area contributed by atoms with E-state index in [2.05, 4.69) is 10.1 Å². The highest BCUT2D eigenvalue weighted by Gasteiger charge is 2.11. The molecule has 0 aliphatic carbocycles. The predicted octanol–water partition coefficient (Wildman–Crippen LogP) is 0.437. The standard InChI is InChI=1S/C12H16N2O3/c1-8(12(16)17-2)14-7-9-3-5-10(6-4-9)11(13)15/h3-6,8,14H,7H2,1-2H3,(H2,13,15). The van der Waals surface area contributed by atoms with Gasteiger partial charge in [0.1, 0.15) is 6.04 Å². The molecule has 1 aromatic rings. The summed E-state index contributed by atoms with van der Waals surface area (Å²) in [5.41, 5.74) is 6.56. The average Bonchev–Trinajstić information content (AvgIpc) is 2.35. The van der Waals surface area contributed by atoms with Gasteiger partial charge < -0.3 is 15.8 Å².